The molecule has 0 atom stereocenters. The number of nitrogens with two attached hydrogens (primary N) is 1. The summed E-state index contributed by atoms with van der Waals surface area (Å²) < 4.78 is 47.9. The number of pyridine rings is 1. The predicted octanol–water partition coefficient (Wildman–Crippen LogP) is 3.04. The van der Waals surface area contributed by atoms with Crippen LogP contribution >= 0.6 is 12.2 Å². The quantitative estimate of drug-likeness (QED) is 0.463. The molecule has 1 aliphatic rings. The summed E-state index contributed by atoms with van der Waals surface area (Å²) in [5.41, 5.74) is 4.04. The highest BCUT2D eigenvalue weighted by Gasteiger charge is 2.21. The van der Waals surface area contributed by atoms with E-state index >= 15 is 0 Å². The van der Waals surface area contributed by atoms with Crippen LogP contribution in [0.25, 0.3) is 11.3 Å². The van der Waals surface area contributed by atoms with Crippen LogP contribution in [0.2, 0.25) is 0 Å². The Bertz CT molecular complexity index is 990. The van der Waals surface area contributed by atoms with Gasteiger partial charge in [0.05, 0.1) is 12.2 Å². The Labute approximate surface area is 182 Å². The molecule has 164 valence electrons. The second kappa shape index (κ2) is 10.4. The number of aromatic nitrogens is 1. The van der Waals surface area contributed by atoms with Crippen molar-refractivity contribution in [3.63, 3.8) is 0 Å². The third-order valence-corrected chi connectivity index (χ3v) is 5.16. The average Bonchev–Trinajstić information content (AvgIpc) is 2.77. The summed E-state index contributed by atoms with van der Waals surface area (Å²) in [4.78, 5) is 16.4. The van der Waals surface area contributed by atoms with Crippen molar-refractivity contribution in [2.45, 2.75) is 12.8 Å². The molecular formula is C21H21F3N4O2S. The van der Waals surface area contributed by atoms with Gasteiger partial charge in [-0.2, -0.15) is 0 Å². The van der Waals surface area contributed by atoms with Crippen LogP contribution in [-0.2, 0) is 4.74 Å². The number of nitrogens with zero attached hydrogens (tertiary/aromatic N) is 1. The van der Waals surface area contributed by atoms with Crippen LogP contribution in [0, 0.1) is 23.4 Å². The number of amides is 1. The number of thiocarbonyl (C=S) groups is 1. The van der Waals surface area contributed by atoms with E-state index in [1.807, 2.05) is 0 Å². The molecule has 1 amide bonds. The molecule has 3 rings (SSSR count). The minimum Gasteiger partial charge on any atom is -0.482 e. The van der Waals surface area contributed by atoms with E-state index in [0.717, 1.165) is 62.5 Å². The number of rotatable bonds is 6. The Morgan fingerprint density at radius 2 is 1.87 bits per heavy atom. The van der Waals surface area contributed by atoms with Crippen LogP contribution in [0.1, 0.15) is 23.3 Å². The van der Waals surface area contributed by atoms with E-state index in [0.29, 0.717) is 12.5 Å². The van der Waals surface area contributed by atoms with Gasteiger partial charge < -0.3 is 21.1 Å². The van der Waals surface area contributed by atoms with Crippen LogP contribution in [0.15, 0.2) is 42.2 Å². The van der Waals surface area contributed by atoms with Crippen molar-refractivity contribution >= 4 is 23.2 Å². The Balaban J connectivity index is 1.72. The van der Waals surface area contributed by atoms with Crippen LogP contribution in [0.4, 0.5) is 13.2 Å². The van der Waals surface area contributed by atoms with Crippen molar-refractivity contribution in [1.29, 1.82) is 0 Å². The van der Waals surface area contributed by atoms with Gasteiger partial charge >= 0.3 is 0 Å². The molecule has 31 heavy (non-hydrogen) atoms. The molecule has 1 aromatic heterocycles. The highest BCUT2D eigenvalue weighted by atomic mass is 32.1. The fourth-order valence-electron chi connectivity index (χ4n) is 3.13. The molecule has 1 aromatic carbocycles. The highest BCUT2D eigenvalue weighted by molar-refractivity contribution is 7.80. The third-order valence-electron chi connectivity index (χ3n) is 4.82. The van der Waals surface area contributed by atoms with Crippen molar-refractivity contribution in [1.82, 2.24) is 15.6 Å². The van der Waals surface area contributed by atoms with Gasteiger partial charge in [0, 0.05) is 6.20 Å². The molecule has 1 saturated heterocycles. The molecule has 10 heteroatoms. The first-order valence-electron chi connectivity index (χ1n) is 9.62. The number of piperidine rings is 1. The maximum Gasteiger partial charge on any atom is 0.274 e. The molecule has 2 heterocycles. The Morgan fingerprint density at radius 3 is 2.52 bits per heavy atom. The van der Waals surface area contributed by atoms with Crippen molar-refractivity contribution < 1.29 is 22.7 Å². The summed E-state index contributed by atoms with van der Waals surface area (Å²) in [6.07, 6.45) is 2.97. The van der Waals surface area contributed by atoms with Gasteiger partial charge in [0.25, 0.3) is 5.91 Å². The lowest BCUT2D eigenvalue weighted by Gasteiger charge is -2.23. The second-order valence-corrected chi connectivity index (χ2v) is 7.32. The summed E-state index contributed by atoms with van der Waals surface area (Å²) >= 11 is 5.19. The Kier molecular flexibility index (Phi) is 7.59. The van der Waals surface area contributed by atoms with Crippen molar-refractivity contribution in [2.75, 3.05) is 19.7 Å². The number of carbonyl (C=O) groups excluding carboxylic acids is 1. The maximum atomic E-state index is 14.2. The molecule has 0 bridgehead atoms. The van der Waals surface area contributed by atoms with Gasteiger partial charge in [-0.1, -0.05) is 6.07 Å². The zero-order valence-electron chi connectivity index (χ0n) is 16.5. The SMILES string of the molecule is NC=C(NC(=O)c1ccc(F)c(-c2c(F)cccc2F)n1)C(=S)OCC1CCNCC1. The summed E-state index contributed by atoms with van der Waals surface area (Å²) in [6, 6.07) is 5.08. The fourth-order valence-corrected chi connectivity index (χ4v) is 3.32. The molecule has 6 nitrogen and oxygen atoms in total. The molecule has 0 spiro atoms. The topological polar surface area (TPSA) is 89.3 Å². The predicted molar refractivity (Wildman–Crippen MR) is 113 cm³/mol. The first-order valence-corrected chi connectivity index (χ1v) is 10.0. The molecule has 0 saturated carbocycles. The summed E-state index contributed by atoms with van der Waals surface area (Å²) in [5, 5.41) is 5.69. The van der Waals surface area contributed by atoms with Crippen molar-refractivity contribution in [3.05, 3.63) is 65.4 Å². The number of hydrogen-bond acceptors (Lipinski definition) is 6. The maximum absolute atomic E-state index is 14.2. The number of carbonyl (C=O) groups is 1. The Morgan fingerprint density at radius 1 is 1.19 bits per heavy atom. The van der Waals surface area contributed by atoms with E-state index in [1.54, 1.807) is 0 Å². The van der Waals surface area contributed by atoms with E-state index in [2.05, 4.69) is 15.6 Å². The standard InChI is InChI=1S/C21H21F3N4O2S/c22-13-2-1-3-14(23)18(13)19-15(24)4-5-16(27-19)20(29)28-17(10-25)21(31)30-11-12-6-8-26-9-7-12/h1-5,10,12,26H,6-9,11,25H2,(H,28,29). The van der Waals surface area contributed by atoms with Crippen LogP contribution in [0.3, 0.4) is 0 Å². The average molecular weight is 450 g/mol. The molecule has 2 aromatic rings. The minimum atomic E-state index is -1.00. The molecule has 1 aliphatic heterocycles. The van der Waals surface area contributed by atoms with Gasteiger partial charge in [0.15, 0.2) is 0 Å². The minimum absolute atomic E-state index is 0.00290. The molecular weight excluding hydrogens is 429 g/mol. The summed E-state index contributed by atoms with van der Waals surface area (Å²) in [7, 11) is 0. The molecule has 0 unspecified atom stereocenters. The van der Waals surface area contributed by atoms with Crippen molar-refractivity contribution in [3.8, 4) is 11.3 Å². The first kappa shape index (κ1) is 22.7. The lowest BCUT2D eigenvalue weighted by Crippen LogP contribution is -2.32. The van der Waals surface area contributed by atoms with Crippen molar-refractivity contribution in [2.24, 2.45) is 11.7 Å². The van der Waals surface area contributed by atoms with E-state index in [1.165, 1.54) is 0 Å². The number of halogens is 3. The number of benzene rings is 1. The van der Waals surface area contributed by atoms with Gasteiger partial charge in [0.2, 0.25) is 5.05 Å². The van der Waals surface area contributed by atoms with Gasteiger partial charge in [-0.25, -0.2) is 18.2 Å². The van der Waals surface area contributed by atoms with Crippen LogP contribution in [0.5, 0.6) is 0 Å². The lowest BCUT2D eigenvalue weighted by atomic mass is 9.99. The van der Waals surface area contributed by atoms with Gasteiger partial charge in [0.1, 0.15) is 34.5 Å². The number of nitrogens with one attached hydrogen (secondary N) is 2. The van der Waals surface area contributed by atoms with Crippen LogP contribution < -0.4 is 16.4 Å². The van der Waals surface area contributed by atoms with Gasteiger partial charge in [-0.3, -0.25) is 4.79 Å². The largest absolute Gasteiger partial charge is 0.482 e. The van der Waals surface area contributed by atoms with E-state index in [4.69, 9.17) is 22.7 Å². The molecule has 1 fully saturated rings. The molecule has 4 N–H and O–H groups in total. The van der Waals surface area contributed by atoms with Gasteiger partial charge in [-0.15, -0.1) is 0 Å². The number of ether oxygens (including phenoxy) is 1. The zero-order valence-corrected chi connectivity index (χ0v) is 17.3. The summed E-state index contributed by atoms with van der Waals surface area (Å²) in [5.74, 6) is -3.43. The Hall–Kier alpha value is -2.98. The second-order valence-electron chi connectivity index (χ2n) is 6.95. The smallest absolute Gasteiger partial charge is 0.274 e. The van der Waals surface area contributed by atoms with Gasteiger partial charge in [-0.05, 0) is 68.3 Å². The van der Waals surface area contributed by atoms with E-state index < -0.39 is 34.6 Å². The van der Waals surface area contributed by atoms with E-state index in [-0.39, 0.29) is 16.4 Å². The highest BCUT2D eigenvalue weighted by Crippen LogP contribution is 2.27. The third kappa shape index (κ3) is 5.59. The number of hydrogen-bond donors (Lipinski definition) is 3. The van der Waals surface area contributed by atoms with E-state index in [9.17, 15) is 18.0 Å². The van der Waals surface area contributed by atoms with Crippen LogP contribution in [-0.4, -0.2) is 35.6 Å². The molecule has 0 aliphatic carbocycles. The summed E-state index contributed by atoms with van der Waals surface area (Å²) in [6.45, 7) is 2.19. The lowest BCUT2D eigenvalue weighted by molar-refractivity contribution is 0.0961. The fraction of sp³-hybridized carbons (Fsp3) is 0.286. The zero-order chi connectivity index (χ0) is 22.4. The molecule has 0 radical (unpaired) electrons. The monoisotopic (exact) mass is 450 g/mol. The first-order chi connectivity index (χ1) is 14.9. The normalized spacial score (nSPS) is 14.9.